The molecule has 4 aromatic carbocycles. The monoisotopic (exact) mass is 669 g/mol. The molecule has 0 heterocycles. The van der Waals surface area contributed by atoms with Crippen LogP contribution in [0.4, 0.5) is 10.1 Å². The first-order valence-electron chi connectivity index (χ1n) is 14.4. The summed E-state index contributed by atoms with van der Waals surface area (Å²) in [6.07, 6.45) is 0.811. The number of nitrogens with zero attached hydrogens (tertiary/aromatic N) is 2. The predicted octanol–water partition coefficient (Wildman–Crippen LogP) is 6.88. The largest absolute Gasteiger partial charge is 0.352 e. The van der Waals surface area contributed by atoms with Crippen molar-refractivity contribution >= 4 is 50.7 Å². The zero-order valence-electron chi connectivity index (χ0n) is 24.9. The molecule has 0 aliphatic rings. The molecule has 4 rings (SSSR count). The molecule has 0 aromatic heterocycles. The summed E-state index contributed by atoms with van der Waals surface area (Å²) in [7, 11) is -4.34. The number of benzene rings is 4. The van der Waals surface area contributed by atoms with E-state index in [2.05, 4.69) is 5.32 Å². The molecule has 0 radical (unpaired) electrons. The van der Waals surface area contributed by atoms with Crippen LogP contribution in [0.3, 0.4) is 0 Å². The Morgan fingerprint density at radius 3 is 2.09 bits per heavy atom. The van der Waals surface area contributed by atoms with Gasteiger partial charge in [-0.2, -0.15) is 0 Å². The van der Waals surface area contributed by atoms with Crippen LogP contribution < -0.4 is 9.62 Å². The minimum atomic E-state index is -4.34. The molecular weight excluding hydrogens is 636 g/mol. The number of nitrogens with one attached hydrogen (secondary N) is 1. The SMILES string of the molecule is CC[C@H](C)NC(=O)[C@H](Cc1ccccc1)N(Cc1ccc(F)cc1)C(=O)CN(c1cccc(Cl)c1Cl)S(=O)(=O)c1ccccc1. The van der Waals surface area contributed by atoms with Crippen LogP contribution in [0.2, 0.25) is 10.0 Å². The summed E-state index contributed by atoms with van der Waals surface area (Å²) in [6, 6.07) is 25.7. The van der Waals surface area contributed by atoms with E-state index in [-0.39, 0.29) is 39.6 Å². The van der Waals surface area contributed by atoms with Crippen LogP contribution in [0.5, 0.6) is 0 Å². The van der Waals surface area contributed by atoms with Crippen LogP contribution in [-0.4, -0.2) is 43.8 Å². The maximum absolute atomic E-state index is 14.5. The molecule has 1 N–H and O–H groups in total. The highest BCUT2D eigenvalue weighted by Gasteiger charge is 2.35. The highest BCUT2D eigenvalue weighted by molar-refractivity contribution is 7.92. The molecule has 0 aliphatic carbocycles. The van der Waals surface area contributed by atoms with Crippen LogP contribution in [0.25, 0.3) is 0 Å². The zero-order valence-corrected chi connectivity index (χ0v) is 27.2. The van der Waals surface area contributed by atoms with Gasteiger partial charge in [-0.25, -0.2) is 12.8 Å². The lowest BCUT2D eigenvalue weighted by atomic mass is 10.0. The number of rotatable bonds is 13. The molecular formula is C34H34Cl2FN3O4S. The molecule has 0 aliphatic heterocycles. The number of amides is 2. The predicted molar refractivity (Wildman–Crippen MR) is 176 cm³/mol. The number of hydrogen-bond donors (Lipinski definition) is 1. The molecule has 236 valence electrons. The minimum absolute atomic E-state index is 0.00627. The summed E-state index contributed by atoms with van der Waals surface area (Å²) < 4.78 is 42.8. The average Bonchev–Trinajstić information content (AvgIpc) is 3.04. The topological polar surface area (TPSA) is 86.8 Å². The summed E-state index contributed by atoms with van der Waals surface area (Å²) in [5.41, 5.74) is 1.36. The van der Waals surface area contributed by atoms with E-state index in [9.17, 15) is 22.4 Å². The van der Waals surface area contributed by atoms with Gasteiger partial charge in [0.1, 0.15) is 18.4 Å². The first-order chi connectivity index (χ1) is 21.5. The van der Waals surface area contributed by atoms with Gasteiger partial charge in [-0.1, -0.05) is 96.9 Å². The van der Waals surface area contributed by atoms with E-state index in [4.69, 9.17) is 23.2 Å². The second-order valence-electron chi connectivity index (χ2n) is 10.6. The summed E-state index contributed by atoms with van der Waals surface area (Å²) in [5, 5.41) is 3.03. The van der Waals surface area contributed by atoms with Crippen LogP contribution in [0.1, 0.15) is 31.4 Å². The molecule has 0 bridgehead atoms. The standard InChI is InChI=1S/C34H34Cl2FN3O4S/c1-3-24(2)38-34(42)31(21-25-11-6-4-7-12-25)39(22-26-17-19-27(37)20-18-26)32(41)23-40(30-16-10-15-29(35)33(30)36)45(43,44)28-13-8-5-9-14-28/h4-20,24,31H,3,21-23H2,1-2H3,(H,38,42)/t24-,31-/m0/s1. The van der Waals surface area contributed by atoms with Gasteiger partial charge in [0.25, 0.3) is 10.0 Å². The van der Waals surface area contributed by atoms with Gasteiger partial charge in [0, 0.05) is 19.0 Å². The van der Waals surface area contributed by atoms with E-state index in [1.54, 1.807) is 18.2 Å². The van der Waals surface area contributed by atoms with E-state index in [1.807, 2.05) is 44.2 Å². The molecule has 45 heavy (non-hydrogen) atoms. The van der Waals surface area contributed by atoms with Gasteiger partial charge in [0.2, 0.25) is 11.8 Å². The van der Waals surface area contributed by atoms with Crippen LogP contribution >= 0.6 is 23.2 Å². The summed E-state index contributed by atoms with van der Waals surface area (Å²) in [5.74, 6) is -1.53. The summed E-state index contributed by atoms with van der Waals surface area (Å²) in [6.45, 7) is 3.01. The maximum atomic E-state index is 14.5. The zero-order chi connectivity index (χ0) is 32.6. The Kier molecular flexibility index (Phi) is 11.6. The Balaban J connectivity index is 1.83. The molecule has 0 unspecified atom stereocenters. The Morgan fingerprint density at radius 2 is 1.47 bits per heavy atom. The smallest absolute Gasteiger partial charge is 0.264 e. The average molecular weight is 671 g/mol. The quantitative estimate of drug-likeness (QED) is 0.168. The number of carbonyl (C=O) groups excluding carboxylic acids is 2. The number of sulfonamides is 1. The third-order valence-corrected chi connectivity index (χ3v) is 9.93. The van der Waals surface area contributed by atoms with Crippen LogP contribution in [0.15, 0.2) is 108 Å². The van der Waals surface area contributed by atoms with Crippen LogP contribution in [0, 0.1) is 5.82 Å². The van der Waals surface area contributed by atoms with E-state index >= 15 is 0 Å². The van der Waals surface area contributed by atoms with Crippen LogP contribution in [-0.2, 0) is 32.6 Å². The van der Waals surface area contributed by atoms with Gasteiger partial charge in [0.15, 0.2) is 0 Å². The Labute approximate surface area is 273 Å². The Hall–Kier alpha value is -3.92. The fraction of sp³-hybridized carbons (Fsp3) is 0.235. The van der Waals surface area contributed by atoms with E-state index in [0.717, 1.165) is 9.87 Å². The van der Waals surface area contributed by atoms with Gasteiger partial charge in [-0.3, -0.25) is 13.9 Å². The van der Waals surface area contributed by atoms with Crippen molar-refractivity contribution in [3.05, 3.63) is 130 Å². The van der Waals surface area contributed by atoms with E-state index < -0.39 is 40.2 Å². The highest BCUT2D eigenvalue weighted by Crippen LogP contribution is 2.35. The third-order valence-electron chi connectivity index (χ3n) is 7.35. The van der Waals surface area contributed by atoms with Gasteiger partial charge < -0.3 is 10.2 Å². The highest BCUT2D eigenvalue weighted by atomic mass is 35.5. The van der Waals surface area contributed by atoms with Crippen molar-refractivity contribution in [1.29, 1.82) is 0 Å². The van der Waals surface area contributed by atoms with Gasteiger partial charge in [-0.15, -0.1) is 0 Å². The van der Waals surface area contributed by atoms with Crippen molar-refractivity contribution < 1.29 is 22.4 Å². The first kappa shape index (κ1) is 34.0. The molecule has 7 nitrogen and oxygen atoms in total. The van der Waals surface area contributed by atoms with E-state index in [0.29, 0.717) is 12.0 Å². The number of halogens is 3. The molecule has 0 spiro atoms. The van der Waals surface area contributed by atoms with Gasteiger partial charge >= 0.3 is 0 Å². The fourth-order valence-electron chi connectivity index (χ4n) is 4.70. The third kappa shape index (κ3) is 8.63. The molecule has 2 amide bonds. The van der Waals surface area contributed by atoms with Gasteiger partial charge in [0.05, 0.1) is 20.6 Å². The number of hydrogen-bond acceptors (Lipinski definition) is 4. The van der Waals surface area contributed by atoms with Gasteiger partial charge in [-0.05, 0) is 60.9 Å². The molecule has 0 saturated heterocycles. The molecule has 0 saturated carbocycles. The normalized spacial score (nSPS) is 12.6. The van der Waals surface area contributed by atoms with Crippen molar-refractivity contribution in [3.8, 4) is 0 Å². The Morgan fingerprint density at radius 1 is 0.844 bits per heavy atom. The number of carbonyl (C=O) groups is 2. The first-order valence-corrected chi connectivity index (χ1v) is 16.6. The van der Waals surface area contributed by atoms with E-state index in [1.165, 1.54) is 59.5 Å². The van der Waals surface area contributed by atoms with Crippen molar-refractivity contribution in [3.63, 3.8) is 0 Å². The minimum Gasteiger partial charge on any atom is -0.352 e. The second-order valence-corrected chi connectivity index (χ2v) is 13.2. The van der Waals surface area contributed by atoms with Crippen molar-refractivity contribution in [2.45, 2.75) is 50.2 Å². The van der Waals surface area contributed by atoms with Crippen molar-refractivity contribution in [1.82, 2.24) is 10.2 Å². The van der Waals surface area contributed by atoms with Crippen molar-refractivity contribution in [2.24, 2.45) is 0 Å². The number of anilines is 1. The summed E-state index contributed by atoms with van der Waals surface area (Å²) >= 11 is 12.8. The second kappa shape index (κ2) is 15.4. The maximum Gasteiger partial charge on any atom is 0.264 e. The molecule has 4 aromatic rings. The lowest BCUT2D eigenvalue weighted by Gasteiger charge is -2.34. The molecule has 0 fully saturated rings. The fourth-order valence-corrected chi connectivity index (χ4v) is 6.59. The van der Waals surface area contributed by atoms with Crippen molar-refractivity contribution in [2.75, 3.05) is 10.8 Å². The lowest BCUT2D eigenvalue weighted by molar-refractivity contribution is -0.140. The molecule has 2 atom stereocenters. The lowest BCUT2D eigenvalue weighted by Crippen LogP contribution is -2.54. The molecule has 11 heteroatoms. The summed E-state index contributed by atoms with van der Waals surface area (Å²) in [4.78, 5) is 29.6. The Bertz CT molecular complexity index is 1710.